The smallest absolute Gasteiger partial charge is 0.220 e. The van der Waals surface area contributed by atoms with Crippen LogP contribution in [-0.4, -0.2) is 19.1 Å². The van der Waals surface area contributed by atoms with Gasteiger partial charge < -0.3 is 10.1 Å². The van der Waals surface area contributed by atoms with E-state index in [-0.39, 0.29) is 12.0 Å². The Morgan fingerprint density at radius 2 is 2.09 bits per heavy atom. The summed E-state index contributed by atoms with van der Waals surface area (Å²) in [4.78, 5) is 11.7. The standard InChI is InChI=1S/C19H27NO2/c21-19(12-11-15-9-10-15)20-13-4-14-22-18-8-3-6-16-5-1-2-7-17(16)18/h1-2,5,7,15,18H,3-4,6,8-14H2,(H,20,21)/t18-/m1/s1. The summed E-state index contributed by atoms with van der Waals surface area (Å²) in [5.74, 6) is 1.04. The monoisotopic (exact) mass is 301 g/mol. The first-order chi connectivity index (χ1) is 10.8. The quantitative estimate of drug-likeness (QED) is 0.742. The Morgan fingerprint density at radius 1 is 1.23 bits per heavy atom. The fourth-order valence-corrected chi connectivity index (χ4v) is 3.24. The van der Waals surface area contributed by atoms with Crippen LogP contribution < -0.4 is 5.32 Å². The van der Waals surface area contributed by atoms with E-state index in [0.717, 1.165) is 38.3 Å². The zero-order valence-electron chi connectivity index (χ0n) is 13.4. The highest BCUT2D eigenvalue weighted by molar-refractivity contribution is 5.75. The molecule has 1 fully saturated rings. The molecule has 1 aromatic carbocycles. The molecule has 2 aliphatic carbocycles. The van der Waals surface area contributed by atoms with E-state index in [1.165, 1.54) is 36.8 Å². The molecular weight excluding hydrogens is 274 g/mol. The van der Waals surface area contributed by atoms with Crippen LogP contribution in [-0.2, 0) is 16.0 Å². The number of carbonyl (C=O) groups excluding carboxylic acids is 1. The highest BCUT2D eigenvalue weighted by atomic mass is 16.5. The van der Waals surface area contributed by atoms with Crippen molar-refractivity contribution in [3.63, 3.8) is 0 Å². The van der Waals surface area contributed by atoms with Gasteiger partial charge in [0.15, 0.2) is 0 Å². The lowest BCUT2D eigenvalue weighted by molar-refractivity contribution is -0.121. The van der Waals surface area contributed by atoms with E-state index in [0.29, 0.717) is 6.42 Å². The number of hydrogen-bond acceptors (Lipinski definition) is 2. The first-order valence-corrected chi connectivity index (χ1v) is 8.79. The van der Waals surface area contributed by atoms with Gasteiger partial charge in [-0.15, -0.1) is 0 Å². The number of carbonyl (C=O) groups is 1. The zero-order valence-corrected chi connectivity index (χ0v) is 13.4. The van der Waals surface area contributed by atoms with Crippen molar-refractivity contribution in [1.82, 2.24) is 5.32 Å². The number of ether oxygens (including phenoxy) is 1. The van der Waals surface area contributed by atoms with Crippen LogP contribution in [0.15, 0.2) is 24.3 Å². The van der Waals surface area contributed by atoms with Crippen LogP contribution in [0, 0.1) is 5.92 Å². The molecule has 22 heavy (non-hydrogen) atoms. The molecule has 1 N–H and O–H groups in total. The second-order valence-electron chi connectivity index (χ2n) is 6.64. The van der Waals surface area contributed by atoms with Gasteiger partial charge in [-0.1, -0.05) is 37.1 Å². The lowest BCUT2D eigenvalue weighted by Crippen LogP contribution is -2.25. The van der Waals surface area contributed by atoms with E-state index in [2.05, 4.69) is 29.6 Å². The molecule has 0 aliphatic heterocycles. The van der Waals surface area contributed by atoms with Gasteiger partial charge in [0.25, 0.3) is 0 Å². The first kappa shape index (κ1) is 15.5. The summed E-state index contributed by atoms with van der Waals surface area (Å²) in [6.45, 7) is 1.46. The third-order valence-electron chi connectivity index (χ3n) is 4.75. The normalized spacial score (nSPS) is 20.5. The molecule has 3 rings (SSSR count). The minimum absolute atomic E-state index is 0.204. The second kappa shape index (κ2) is 7.77. The number of benzene rings is 1. The number of nitrogens with one attached hydrogen (secondary N) is 1. The molecule has 0 unspecified atom stereocenters. The Bertz CT molecular complexity index is 496. The predicted octanol–water partition coefficient (Wildman–Crippen LogP) is 3.78. The average molecular weight is 301 g/mol. The topological polar surface area (TPSA) is 38.3 Å². The largest absolute Gasteiger partial charge is 0.373 e. The van der Waals surface area contributed by atoms with Crippen molar-refractivity contribution in [2.75, 3.05) is 13.2 Å². The van der Waals surface area contributed by atoms with Crippen LogP contribution >= 0.6 is 0 Å². The van der Waals surface area contributed by atoms with Gasteiger partial charge in [0.1, 0.15) is 0 Å². The van der Waals surface area contributed by atoms with Crippen LogP contribution in [0.1, 0.15) is 62.2 Å². The van der Waals surface area contributed by atoms with E-state index < -0.39 is 0 Å². The van der Waals surface area contributed by atoms with Gasteiger partial charge in [0.05, 0.1) is 6.10 Å². The first-order valence-electron chi connectivity index (χ1n) is 8.79. The predicted molar refractivity (Wildman–Crippen MR) is 87.7 cm³/mol. The van der Waals surface area contributed by atoms with Gasteiger partial charge >= 0.3 is 0 Å². The summed E-state index contributed by atoms with van der Waals surface area (Å²) in [6, 6.07) is 8.61. The van der Waals surface area contributed by atoms with Gasteiger partial charge in [-0.25, -0.2) is 0 Å². The van der Waals surface area contributed by atoms with Crippen LogP contribution in [0.3, 0.4) is 0 Å². The molecular formula is C19H27NO2. The van der Waals surface area contributed by atoms with E-state index in [1.807, 2.05) is 0 Å². The van der Waals surface area contributed by atoms with Crippen molar-refractivity contribution < 1.29 is 9.53 Å². The Balaban J connectivity index is 1.31. The lowest BCUT2D eigenvalue weighted by Gasteiger charge is -2.25. The van der Waals surface area contributed by atoms with Crippen molar-refractivity contribution in [2.45, 2.75) is 57.5 Å². The van der Waals surface area contributed by atoms with E-state index in [9.17, 15) is 4.79 Å². The minimum atomic E-state index is 0.204. The average Bonchev–Trinajstić information content (AvgIpc) is 3.37. The van der Waals surface area contributed by atoms with Crippen molar-refractivity contribution in [3.05, 3.63) is 35.4 Å². The summed E-state index contributed by atoms with van der Waals surface area (Å²) in [7, 11) is 0. The van der Waals surface area contributed by atoms with E-state index >= 15 is 0 Å². The molecule has 0 radical (unpaired) electrons. The van der Waals surface area contributed by atoms with Crippen molar-refractivity contribution >= 4 is 5.91 Å². The third-order valence-corrected chi connectivity index (χ3v) is 4.75. The second-order valence-corrected chi connectivity index (χ2v) is 6.64. The molecule has 0 spiro atoms. The molecule has 1 atom stereocenters. The van der Waals surface area contributed by atoms with E-state index in [1.54, 1.807) is 0 Å². The molecule has 0 saturated heterocycles. The Labute approximate surface area is 133 Å². The van der Waals surface area contributed by atoms with Gasteiger partial charge in [0, 0.05) is 19.6 Å². The van der Waals surface area contributed by atoms with Gasteiger partial charge in [-0.3, -0.25) is 4.79 Å². The molecule has 0 heterocycles. The number of fused-ring (bicyclic) bond motifs is 1. The summed E-state index contributed by atoms with van der Waals surface area (Å²) >= 11 is 0. The lowest BCUT2D eigenvalue weighted by atomic mass is 9.89. The van der Waals surface area contributed by atoms with E-state index in [4.69, 9.17) is 4.74 Å². The van der Waals surface area contributed by atoms with Gasteiger partial charge in [0.2, 0.25) is 5.91 Å². The highest BCUT2D eigenvalue weighted by Gasteiger charge is 2.22. The molecule has 3 nitrogen and oxygen atoms in total. The fourth-order valence-electron chi connectivity index (χ4n) is 3.24. The molecule has 2 aliphatic rings. The maximum atomic E-state index is 11.7. The Kier molecular flexibility index (Phi) is 5.49. The third kappa shape index (κ3) is 4.57. The summed E-state index contributed by atoms with van der Waals surface area (Å²) in [6.07, 6.45) is 9.05. The molecule has 1 saturated carbocycles. The van der Waals surface area contributed by atoms with Crippen LogP contribution in [0.2, 0.25) is 0 Å². The fraction of sp³-hybridized carbons (Fsp3) is 0.632. The number of hydrogen-bond donors (Lipinski definition) is 1. The maximum absolute atomic E-state index is 11.7. The number of amides is 1. The Morgan fingerprint density at radius 3 is 2.95 bits per heavy atom. The van der Waals surface area contributed by atoms with Crippen molar-refractivity contribution in [3.8, 4) is 0 Å². The maximum Gasteiger partial charge on any atom is 0.220 e. The van der Waals surface area contributed by atoms with Crippen LogP contribution in [0.4, 0.5) is 0 Å². The summed E-state index contributed by atoms with van der Waals surface area (Å²) in [5, 5.41) is 3.00. The van der Waals surface area contributed by atoms with Crippen molar-refractivity contribution in [1.29, 1.82) is 0 Å². The molecule has 0 aromatic heterocycles. The zero-order chi connectivity index (χ0) is 15.2. The van der Waals surface area contributed by atoms with Gasteiger partial charge in [-0.05, 0) is 49.1 Å². The van der Waals surface area contributed by atoms with Crippen LogP contribution in [0.5, 0.6) is 0 Å². The number of rotatable bonds is 8. The minimum Gasteiger partial charge on any atom is -0.373 e. The van der Waals surface area contributed by atoms with Crippen molar-refractivity contribution in [2.24, 2.45) is 5.92 Å². The SMILES string of the molecule is O=C(CCC1CC1)NCCCO[C@@H]1CCCc2ccccc21. The molecule has 0 bridgehead atoms. The number of aryl methyl sites for hydroxylation is 1. The molecule has 1 aromatic rings. The van der Waals surface area contributed by atoms with Gasteiger partial charge in [-0.2, -0.15) is 0 Å². The Hall–Kier alpha value is -1.35. The summed E-state index contributed by atoms with van der Waals surface area (Å²) < 4.78 is 6.05. The molecule has 1 amide bonds. The summed E-state index contributed by atoms with van der Waals surface area (Å²) in [5.41, 5.74) is 2.80. The van der Waals surface area contributed by atoms with Crippen LogP contribution in [0.25, 0.3) is 0 Å². The highest BCUT2D eigenvalue weighted by Crippen LogP contribution is 2.33. The molecule has 120 valence electrons. The molecule has 3 heteroatoms.